The third kappa shape index (κ3) is 11.8. The van der Waals surface area contributed by atoms with E-state index in [9.17, 15) is 23.4 Å². The Kier molecular flexibility index (Phi) is 16.3. The highest BCUT2D eigenvalue weighted by atomic mass is 32.2. The highest BCUT2D eigenvalue weighted by Gasteiger charge is 2.54. The van der Waals surface area contributed by atoms with Gasteiger partial charge in [0.1, 0.15) is 21.2 Å². The van der Waals surface area contributed by atoms with Crippen molar-refractivity contribution >= 4 is 91.6 Å². The van der Waals surface area contributed by atoms with Crippen LogP contribution in [0.15, 0.2) is 45.6 Å². The Labute approximate surface area is 446 Å². The molecule has 6 aromatic rings. The number of primary amides is 2. The lowest BCUT2D eigenvalue weighted by Crippen LogP contribution is -2.57. The molecule has 0 aliphatic heterocycles. The van der Waals surface area contributed by atoms with E-state index in [0.29, 0.717) is 43.7 Å². The summed E-state index contributed by atoms with van der Waals surface area (Å²) in [7, 11) is -1.23. The molecule has 8 N–H and O–H groups in total. The Morgan fingerprint density at radius 1 is 0.703 bits per heavy atom. The molecule has 2 saturated carbocycles. The number of hydrogen-bond donors (Lipinski definition) is 6. The quantitative estimate of drug-likeness (QED) is 0.0624. The molecule has 2 aliphatic carbocycles. The first-order chi connectivity index (χ1) is 33.8. The van der Waals surface area contributed by atoms with E-state index in [1.54, 1.807) is 21.5 Å². The van der Waals surface area contributed by atoms with Crippen LogP contribution < -0.4 is 32.7 Å². The van der Waals surface area contributed by atoms with Crippen molar-refractivity contribution < 1.29 is 32.9 Å². The number of nitrogens with one attached hydrogen (secondary N) is 4. The number of nitrogens with two attached hydrogens (primary N) is 2. The van der Waals surface area contributed by atoms with Gasteiger partial charge in [0, 0.05) is 63.8 Å². The van der Waals surface area contributed by atoms with E-state index in [0.717, 1.165) is 39.7 Å². The van der Waals surface area contributed by atoms with Gasteiger partial charge in [0.15, 0.2) is 4.34 Å². The average molecular weight is 1100 g/mol. The number of ether oxygens (including phenoxy) is 2. The van der Waals surface area contributed by atoms with Crippen LogP contribution in [0.25, 0.3) is 32.2 Å². The largest absolute Gasteiger partial charge is 0.444 e. The Balaban J connectivity index is 0.000000238. The fourth-order valence-corrected chi connectivity index (χ4v) is 11.9. The van der Waals surface area contributed by atoms with E-state index < -0.39 is 62.5 Å². The zero-order chi connectivity index (χ0) is 53.8. The predicted molar refractivity (Wildman–Crippen MR) is 292 cm³/mol. The second kappa shape index (κ2) is 21.0. The molecule has 8 rings (SSSR count). The first kappa shape index (κ1) is 57.4. The summed E-state index contributed by atoms with van der Waals surface area (Å²) in [5.74, 6) is -1.17. The molecule has 0 radical (unpaired) electrons. The van der Waals surface area contributed by atoms with Gasteiger partial charge in [-0.15, -0.1) is 20.4 Å². The van der Waals surface area contributed by atoms with Crippen LogP contribution in [0.1, 0.15) is 137 Å². The molecule has 402 valence electrons. The first-order valence-corrected chi connectivity index (χ1v) is 28.0. The van der Waals surface area contributed by atoms with Gasteiger partial charge in [0.2, 0.25) is 4.34 Å². The van der Waals surface area contributed by atoms with Crippen LogP contribution in [0.5, 0.6) is 0 Å². The van der Waals surface area contributed by atoms with Crippen molar-refractivity contribution in [2.24, 2.45) is 22.3 Å². The Morgan fingerprint density at radius 3 is 1.46 bits per heavy atom. The molecule has 0 bridgehead atoms. The molecule has 0 saturated heterocycles. The van der Waals surface area contributed by atoms with Crippen molar-refractivity contribution in [2.45, 2.75) is 159 Å². The number of carbonyl (C=O) groups is 4. The zero-order valence-corrected chi connectivity index (χ0v) is 46.9. The second-order valence-electron chi connectivity index (χ2n) is 21.9. The molecular formula is C49H70N14O7S4. The molecule has 6 aromatic heterocycles. The molecule has 6 heterocycles. The van der Waals surface area contributed by atoms with Crippen LogP contribution >= 0.6 is 34.4 Å². The van der Waals surface area contributed by atoms with Crippen LogP contribution in [-0.4, -0.2) is 115 Å². The number of aromatic nitrogens is 8. The lowest BCUT2D eigenvalue weighted by atomic mass is 9.74. The van der Waals surface area contributed by atoms with Crippen molar-refractivity contribution in [2.75, 3.05) is 23.1 Å². The number of thioether (sulfide) groups is 1. The zero-order valence-electron chi connectivity index (χ0n) is 43.7. The summed E-state index contributed by atoms with van der Waals surface area (Å²) in [5, 5.41) is 40.1. The number of amides is 4. The molecule has 0 spiro atoms. The fourth-order valence-electron chi connectivity index (χ4n) is 9.24. The van der Waals surface area contributed by atoms with Crippen molar-refractivity contribution in [3.63, 3.8) is 0 Å². The molecule has 0 aromatic carbocycles. The molecule has 74 heavy (non-hydrogen) atoms. The molecule has 5 atom stereocenters. The van der Waals surface area contributed by atoms with Gasteiger partial charge in [-0.3, -0.25) is 13.8 Å². The topological polar surface area (TPSA) is 290 Å². The van der Waals surface area contributed by atoms with Crippen molar-refractivity contribution in [3.05, 3.63) is 48.0 Å². The Hall–Kier alpha value is -5.92. The van der Waals surface area contributed by atoms with Crippen molar-refractivity contribution in [1.82, 2.24) is 50.3 Å². The van der Waals surface area contributed by atoms with E-state index in [4.69, 9.17) is 20.9 Å². The SMILES string of the molecule is C.CS(=O)c1nnc(-c2cc3c(N[C@@H]4CC[C@](C)(NC(=O)OC(C)(C)C)C4(C)C)c(C(N)=O)cnn3c2)s1.CSc1nnc(-c2cc3c(N[C@@H]4CC[C@](C)(NC(=O)OC(C)(C)C)C4(C)C)c(C(N)=O)cnn3c2)s1. The highest BCUT2D eigenvalue weighted by molar-refractivity contribution is 8.00. The smallest absolute Gasteiger partial charge is 0.408 e. The van der Waals surface area contributed by atoms with Crippen LogP contribution in [0, 0.1) is 10.8 Å². The van der Waals surface area contributed by atoms with Gasteiger partial charge in [-0.05, 0) is 99.5 Å². The molecule has 4 amide bonds. The summed E-state index contributed by atoms with van der Waals surface area (Å²) in [6.45, 7) is 23.4. The third-order valence-corrected chi connectivity index (χ3v) is 18.4. The highest BCUT2D eigenvalue weighted by Crippen LogP contribution is 2.49. The molecule has 2 fully saturated rings. The van der Waals surface area contributed by atoms with Crippen LogP contribution in [0.2, 0.25) is 0 Å². The van der Waals surface area contributed by atoms with Gasteiger partial charge in [-0.25, -0.2) is 18.6 Å². The molecule has 25 heteroatoms. The lowest BCUT2D eigenvalue weighted by Gasteiger charge is -2.42. The maximum Gasteiger partial charge on any atom is 0.408 e. The summed E-state index contributed by atoms with van der Waals surface area (Å²) in [5.41, 5.74) is 13.0. The number of rotatable bonds is 12. The van der Waals surface area contributed by atoms with Gasteiger partial charge < -0.3 is 42.2 Å². The predicted octanol–water partition coefficient (Wildman–Crippen LogP) is 8.77. The van der Waals surface area contributed by atoms with Crippen molar-refractivity contribution in [1.29, 1.82) is 0 Å². The molecule has 2 aliphatic rings. The summed E-state index contributed by atoms with van der Waals surface area (Å²) in [6, 6.07) is 3.62. The summed E-state index contributed by atoms with van der Waals surface area (Å²) >= 11 is 4.27. The van der Waals surface area contributed by atoms with Gasteiger partial charge in [-0.1, -0.05) is 69.6 Å². The standard InChI is InChI=1S/C24H33N7O4S2.C24H33N7O3S2.CH4/c1-22(2,3)35-20(33)28-24(6)9-8-16(23(24,4)5)27-17-14(18(25)32)11-26-31-12-13(10-15(17)31)19-29-30-21(36-19)37(7)34;1-22(2,3)34-20(33)28-24(6)9-8-16(23(24,4)5)27-17-14(18(25)32)11-26-31-12-13(10-15(17)31)19-29-30-21(35-7)36-19;/h10-12,16,27H,8-9H2,1-7H3,(H2,25,32)(H,28,33);10-12,16,27H,8-9H2,1-7H3,(H2,25,32)(H,28,33);1H4/t16-,24+,37?;16-,24+;/m11./s1. The number of fused-ring (bicyclic) bond motifs is 2. The summed E-state index contributed by atoms with van der Waals surface area (Å²) in [4.78, 5) is 50.0. The second-order valence-corrected chi connectivity index (χ2v) is 26.5. The van der Waals surface area contributed by atoms with E-state index in [1.807, 2.05) is 80.0 Å². The van der Waals surface area contributed by atoms with Crippen LogP contribution in [0.4, 0.5) is 21.0 Å². The van der Waals surface area contributed by atoms with Gasteiger partial charge >= 0.3 is 12.2 Å². The van der Waals surface area contributed by atoms with Crippen molar-refractivity contribution in [3.8, 4) is 21.1 Å². The van der Waals surface area contributed by atoms with E-state index >= 15 is 0 Å². The lowest BCUT2D eigenvalue weighted by molar-refractivity contribution is 0.0371. The van der Waals surface area contributed by atoms with E-state index in [1.165, 1.54) is 46.8 Å². The minimum atomic E-state index is -1.23. The Morgan fingerprint density at radius 2 is 1.11 bits per heavy atom. The minimum Gasteiger partial charge on any atom is -0.444 e. The van der Waals surface area contributed by atoms with E-state index in [-0.39, 0.29) is 30.5 Å². The fraction of sp³-hybridized carbons (Fsp3) is 0.551. The van der Waals surface area contributed by atoms with Gasteiger partial charge in [0.25, 0.3) is 11.8 Å². The normalized spacial score (nSPS) is 21.5. The number of alkyl carbamates (subject to hydrolysis) is 2. The maximum atomic E-state index is 12.6. The van der Waals surface area contributed by atoms with Crippen LogP contribution in [0.3, 0.4) is 0 Å². The number of carbonyl (C=O) groups excluding carboxylic acids is 4. The van der Waals surface area contributed by atoms with Crippen LogP contribution in [-0.2, 0) is 20.3 Å². The van der Waals surface area contributed by atoms with Gasteiger partial charge in [-0.2, -0.15) is 10.2 Å². The Bertz CT molecular complexity index is 3110. The van der Waals surface area contributed by atoms with E-state index in [2.05, 4.69) is 79.6 Å². The number of hydrogen-bond acceptors (Lipinski definition) is 18. The monoisotopic (exact) mass is 1090 g/mol. The average Bonchev–Trinajstić information content (AvgIpc) is 4.13. The number of anilines is 2. The minimum absolute atomic E-state index is 0. The number of nitrogens with zero attached hydrogens (tertiary/aromatic N) is 8. The van der Waals surface area contributed by atoms with Gasteiger partial charge in [0.05, 0.1) is 56.7 Å². The third-order valence-electron chi connectivity index (χ3n) is 14.2. The maximum absolute atomic E-state index is 12.6. The molecule has 1 unspecified atom stereocenters. The summed E-state index contributed by atoms with van der Waals surface area (Å²) < 4.78 is 27.5. The molecule has 21 nitrogen and oxygen atoms in total. The molecular weight excluding hydrogens is 1020 g/mol. The summed E-state index contributed by atoms with van der Waals surface area (Å²) in [6.07, 6.45) is 12.1. The first-order valence-electron chi connectivity index (χ1n) is 23.6.